The zero-order valence-electron chi connectivity index (χ0n) is 9.55. The number of aliphatic hydroxyl groups is 1. The Morgan fingerprint density at radius 3 is 2.75 bits per heavy atom. The minimum absolute atomic E-state index is 0.129. The lowest BCUT2D eigenvalue weighted by Crippen LogP contribution is -2.10. The molecule has 1 aromatic carbocycles. The highest BCUT2D eigenvalue weighted by Gasteiger charge is 2.07. The molecule has 90 valence electrons. The van der Waals surface area contributed by atoms with Gasteiger partial charge in [0.2, 0.25) is 0 Å². The minimum atomic E-state index is -0.417. The predicted octanol–water partition coefficient (Wildman–Crippen LogP) is 3.96. The van der Waals surface area contributed by atoms with Gasteiger partial charge in [-0.1, -0.05) is 43.9 Å². The van der Waals surface area contributed by atoms with Crippen molar-refractivity contribution in [1.82, 2.24) is 0 Å². The zero-order chi connectivity index (χ0) is 12.0. The van der Waals surface area contributed by atoms with Crippen LogP contribution in [0.5, 0.6) is 0 Å². The minimum Gasteiger partial charge on any atom is -0.393 e. The van der Waals surface area contributed by atoms with Crippen molar-refractivity contribution < 1.29 is 9.50 Å². The molecular formula is C13H18ClFO. The molecule has 0 aliphatic rings. The topological polar surface area (TPSA) is 20.2 Å². The van der Waals surface area contributed by atoms with Crippen molar-refractivity contribution in [1.29, 1.82) is 0 Å². The van der Waals surface area contributed by atoms with Crippen molar-refractivity contribution in [3.63, 3.8) is 0 Å². The van der Waals surface area contributed by atoms with Gasteiger partial charge in [-0.05, 0) is 30.5 Å². The number of rotatable bonds is 6. The van der Waals surface area contributed by atoms with Crippen LogP contribution in [0.15, 0.2) is 18.2 Å². The fraction of sp³-hybridized carbons (Fsp3) is 0.538. The number of aliphatic hydroxyl groups excluding tert-OH is 1. The first kappa shape index (κ1) is 13.5. The van der Waals surface area contributed by atoms with E-state index >= 15 is 0 Å². The van der Waals surface area contributed by atoms with E-state index < -0.39 is 5.82 Å². The van der Waals surface area contributed by atoms with Crippen LogP contribution in [0.3, 0.4) is 0 Å². The van der Waals surface area contributed by atoms with Gasteiger partial charge >= 0.3 is 0 Å². The Labute approximate surface area is 101 Å². The second kappa shape index (κ2) is 6.87. The molecule has 1 nitrogen and oxygen atoms in total. The number of benzene rings is 1. The van der Waals surface area contributed by atoms with E-state index in [9.17, 15) is 9.50 Å². The maximum Gasteiger partial charge on any atom is 0.142 e. The molecule has 0 aliphatic heterocycles. The van der Waals surface area contributed by atoms with E-state index in [-0.39, 0.29) is 11.1 Å². The van der Waals surface area contributed by atoms with Crippen LogP contribution in [0.2, 0.25) is 5.02 Å². The first-order chi connectivity index (χ1) is 7.63. The molecule has 0 fully saturated rings. The van der Waals surface area contributed by atoms with Crippen molar-refractivity contribution >= 4 is 11.6 Å². The van der Waals surface area contributed by atoms with E-state index in [0.29, 0.717) is 6.42 Å². The first-order valence-electron chi connectivity index (χ1n) is 5.75. The number of unbranched alkanes of at least 4 members (excludes halogenated alkanes) is 2. The Kier molecular flexibility index (Phi) is 5.78. The summed E-state index contributed by atoms with van der Waals surface area (Å²) in [6.45, 7) is 2.13. The van der Waals surface area contributed by atoms with Crippen LogP contribution in [-0.2, 0) is 6.42 Å². The first-order valence-corrected chi connectivity index (χ1v) is 6.13. The molecule has 1 aromatic rings. The zero-order valence-corrected chi connectivity index (χ0v) is 10.3. The quantitative estimate of drug-likeness (QED) is 0.751. The molecule has 1 atom stereocenters. The third-order valence-electron chi connectivity index (χ3n) is 2.60. The average Bonchev–Trinajstić information content (AvgIpc) is 2.24. The summed E-state index contributed by atoms with van der Waals surface area (Å²) >= 11 is 5.58. The van der Waals surface area contributed by atoms with Crippen molar-refractivity contribution in [2.24, 2.45) is 0 Å². The molecule has 1 N–H and O–H groups in total. The summed E-state index contributed by atoms with van der Waals surface area (Å²) in [4.78, 5) is 0. The Morgan fingerprint density at radius 1 is 1.38 bits per heavy atom. The lowest BCUT2D eigenvalue weighted by atomic mass is 10.0. The lowest BCUT2D eigenvalue weighted by molar-refractivity contribution is 0.161. The van der Waals surface area contributed by atoms with Crippen molar-refractivity contribution in [2.45, 2.75) is 45.1 Å². The summed E-state index contributed by atoms with van der Waals surface area (Å²) in [7, 11) is 0. The summed E-state index contributed by atoms with van der Waals surface area (Å²) in [6.07, 6.45) is 4.19. The Morgan fingerprint density at radius 2 is 2.12 bits per heavy atom. The van der Waals surface area contributed by atoms with E-state index in [4.69, 9.17) is 11.6 Å². The normalized spacial score (nSPS) is 12.8. The van der Waals surface area contributed by atoms with Crippen LogP contribution >= 0.6 is 11.6 Å². The molecule has 0 aromatic heterocycles. The average molecular weight is 245 g/mol. The summed E-state index contributed by atoms with van der Waals surface area (Å²) < 4.78 is 13.1. The van der Waals surface area contributed by atoms with Gasteiger partial charge in [0.05, 0.1) is 11.1 Å². The molecule has 0 radical (unpaired) electrons. The summed E-state index contributed by atoms with van der Waals surface area (Å²) in [5.74, 6) is -0.417. The lowest BCUT2D eigenvalue weighted by Gasteiger charge is -2.10. The molecule has 0 heterocycles. The largest absolute Gasteiger partial charge is 0.393 e. The van der Waals surface area contributed by atoms with Gasteiger partial charge < -0.3 is 5.11 Å². The van der Waals surface area contributed by atoms with Crippen molar-refractivity contribution in [3.05, 3.63) is 34.6 Å². The molecule has 0 bridgehead atoms. The molecule has 3 heteroatoms. The second-order valence-electron chi connectivity index (χ2n) is 4.10. The second-order valence-corrected chi connectivity index (χ2v) is 4.51. The van der Waals surface area contributed by atoms with E-state index in [0.717, 1.165) is 31.2 Å². The maximum atomic E-state index is 13.1. The van der Waals surface area contributed by atoms with E-state index in [1.807, 2.05) is 0 Å². The third-order valence-corrected chi connectivity index (χ3v) is 2.90. The maximum absolute atomic E-state index is 13.1. The van der Waals surface area contributed by atoms with Gasteiger partial charge in [0.15, 0.2) is 0 Å². The van der Waals surface area contributed by atoms with Crippen LogP contribution in [0.25, 0.3) is 0 Å². The third kappa shape index (κ3) is 4.50. The summed E-state index contributed by atoms with van der Waals surface area (Å²) in [6, 6.07) is 4.69. The number of hydrogen-bond donors (Lipinski definition) is 1. The van der Waals surface area contributed by atoms with Gasteiger partial charge in [0.25, 0.3) is 0 Å². The number of hydrogen-bond acceptors (Lipinski definition) is 1. The highest BCUT2D eigenvalue weighted by molar-refractivity contribution is 6.30. The standard InChI is InChI=1S/C13H18ClFO/c1-2-3-4-5-11(16)8-10-6-7-12(14)13(15)9-10/h6-7,9,11,16H,2-5,8H2,1H3. The molecule has 1 unspecified atom stereocenters. The van der Waals surface area contributed by atoms with Gasteiger partial charge in [-0.25, -0.2) is 4.39 Å². The Balaban J connectivity index is 2.43. The molecule has 1 rings (SSSR count). The fourth-order valence-corrected chi connectivity index (χ4v) is 1.79. The van der Waals surface area contributed by atoms with Crippen LogP contribution < -0.4 is 0 Å². The SMILES string of the molecule is CCCCCC(O)Cc1ccc(Cl)c(F)c1. The molecular weight excluding hydrogens is 227 g/mol. The molecule has 0 aliphatic carbocycles. The smallest absolute Gasteiger partial charge is 0.142 e. The summed E-state index contributed by atoms with van der Waals surface area (Å²) in [5.41, 5.74) is 0.797. The van der Waals surface area contributed by atoms with Crippen molar-refractivity contribution in [2.75, 3.05) is 0 Å². The van der Waals surface area contributed by atoms with Gasteiger partial charge in [-0.2, -0.15) is 0 Å². The van der Waals surface area contributed by atoms with Crippen LogP contribution in [0.4, 0.5) is 4.39 Å². The highest BCUT2D eigenvalue weighted by atomic mass is 35.5. The van der Waals surface area contributed by atoms with Gasteiger partial charge in [-0.3, -0.25) is 0 Å². The van der Waals surface area contributed by atoms with Crippen LogP contribution in [0, 0.1) is 5.82 Å². The van der Waals surface area contributed by atoms with E-state index in [1.165, 1.54) is 12.1 Å². The van der Waals surface area contributed by atoms with Crippen molar-refractivity contribution in [3.8, 4) is 0 Å². The monoisotopic (exact) mass is 244 g/mol. The van der Waals surface area contributed by atoms with Gasteiger partial charge in [0, 0.05) is 0 Å². The molecule has 0 amide bonds. The molecule has 16 heavy (non-hydrogen) atoms. The molecule has 0 spiro atoms. The van der Waals surface area contributed by atoms with Crippen LogP contribution in [-0.4, -0.2) is 11.2 Å². The summed E-state index contributed by atoms with van der Waals surface area (Å²) in [5, 5.41) is 9.86. The Hall–Kier alpha value is -0.600. The Bertz CT molecular complexity index is 328. The van der Waals surface area contributed by atoms with E-state index in [2.05, 4.69) is 6.92 Å². The van der Waals surface area contributed by atoms with E-state index in [1.54, 1.807) is 6.07 Å². The highest BCUT2D eigenvalue weighted by Crippen LogP contribution is 2.17. The van der Waals surface area contributed by atoms with Gasteiger partial charge in [0.1, 0.15) is 5.82 Å². The fourth-order valence-electron chi connectivity index (χ4n) is 1.67. The molecule has 0 saturated heterocycles. The number of halogens is 2. The predicted molar refractivity (Wildman–Crippen MR) is 65.3 cm³/mol. The molecule has 0 saturated carbocycles. The van der Waals surface area contributed by atoms with Gasteiger partial charge in [-0.15, -0.1) is 0 Å². The van der Waals surface area contributed by atoms with Crippen LogP contribution in [0.1, 0.15) is 38.2 Å².